The summed E-state index contributed by atoms with van der Waals surface area (Å²) < 4.78 is 38.1. The minimum absolute atomic E-state index is 0. The van der Waals surface area contributed by atoms with Crippen molar-refractivity contribution in [2.24, 2.45) is 10.2 Å². The number of methoxy groups -OCH3 is 1. The van der Waals surface area contributed by atoms with E-state index in [2.05, 4.69) is 15.5 Å². The van der Waals surface area contributed by atoms with E-state index >= 15 is 0 Å². The Morgan fingerprint density at radius 2 is 1.77 bits per heavy atom. The van der Waals surface area contributed by atoms with Gasteiger partial charge in [0.25, 0.3) is 11.6 Å². The van der Waals surface area contributed by atoms with Gasteiger partial charge in [-0.15, -0.1) is 5.11 Å². The molecule has 0 bridgehead atoms. The molecular formula is C17H15N4NaO8S. The SMILES string of the molecule is COc1ccc(NC(=O)C(N=Nc2ccc(S(=O)(=O)[O-])cc2[N+](=O)[O-])C(C)=O)cc1.[Na+]. The van der Waals surface area contributed by atoms with E-state index in [1.54, 1.807) is 12.1 Å². The molecule has 0 aliphatic heterocycles. The number of nitro benzene ring substituents is 1. The Morgan fingerprint density at radius 1 is 1.16 bits per heavy atom. The van der Waals surface area contributed by atoms with Gasteiger partial charge in [-0.25, -0.2) is 8.42 Å². The van der Waals surface area contributed by atoms with Crippen molar-refractivity contribution < 1.29 is 61.8 Å². The first kappa shape index (κ1) is 26.3. The predicted molar refractivity (Wildman–Crippen MR) is 102 cm³/mol. The smallest absolute Gasteiger partial charge is 0.744 e. The molecule has 1 unspecified atom stereocenters. The van der Waals surface area contributed by atoms with Crippen LogP contribution in [0.3, 0.4) is 0 Å². The molecule has 1 atom stereocenters. The van der Waals surface area contributed by atoms with Crippen LogP contribution >= 0.6 is 0 Å². The molecule has 0 aliphatic carbocycles. The molecule has 0 saturated heterocycles. The van der Waals surface area contributed by atoms with Gasteiger partial charge in [-0.1, -0.05) is 0 Å². The van der Waals surface area contributed by atoms with Gasteiger partial charge in [-0.2, -0.15) is 5.11 Å². The van der Waals surface area contributed by atoms with Gasteiger partial charge >= 0.3 is 29.6 Å². The van der Waals surface area contributed by atoms with Crippen LogP contribution in [0.1, 0.15) is 6.92 Å². The van der Waals surface area contributed by atoms with Crippen LogP contribution in [0.2, 0.25) is 0 Å². The number of hydrogen-bond acceptors (Lipinski definition) is 10. The Hall–Kier alpha value is -2.71. The normalized spacial score (nSPS) is 12.0. The van der Waals surface area contributed by atoms with E-state index < -0.39 is 49.0 Å². The molecule has 0 aromatic heterocycles. The molecule has 14 heteroatoms. The second kappa shape index (κ2) is 11.1. The average Bonchev–Trinajstić information content (AvgIpc) is 2.67. The third-order valence-electron chi connectivity index (χ3n) is 3.70. The van der Waals surface area contributed by atoms with Crippen LogP contribution in [-0.2, 0) is 19.7 Å². The summed E-state index contributed by atoms with van der Waals surface area (Å²) in [6.45, 7) is 1.08. The maximum absolute atomic E-state index is 12.4. The number of ether oxygens (including phenoxy) is 1. The maximum Gasteiger partial charge on any atom is 1.00 e. The Labute approximate surface area is 198 Å². The molecule has 1 amide bonds. The van der Waals surface area contributed by atoms with Crippen LogP contribution in [0.4, 0.5) is 17.1 Å². The molecule has 2 aromatic carbocycles. The summed E-state index contributed by atoms with van der Waals surface area (Å²) in [7, 11) is -3.46. The van der Waals surface area contributed by atoms with E-state index in [0.717, 1.165) is 19.1 Å². The summed E-state index contributed by atoms with van der Waals surface area (Å²) in [6, 6.07) is 6.81. The van der Waals surface area contributed by atoms with E-state index in [0.29, 0.717) is 17.5 Å². The first-order valence-electron chi connectivity index (χ1n) is 8.13. The number of hydrogen-bond donors (Lipinski definition) is 1. The van der Waals surface area contributed by atoms with Gasteiger partial charge in [0.1, 0.15) is 15.9 Å². The fraction of sp³-hybridized carbons (Fsp3) is 0.176. The maximum atomic E-state index is 12.4. The number of rotatable bonds is 8. The number of nitrogens with one attached hydrogen (secondary N) is 1. The molecule has 31 heavy (non-hydrogen) atoms. The van der Waals surface area contributed by atoms with Crippen molar-refractivity contribution in [3.63, 3.8) is 0 Å². The summed E-state index contributed by atoms with van der Waals surface area (Å²) in [4.78, 5) is 33.5. The van der Waals surface area contributed by atoms with Gasteiger partial charge in [0.05, 0.1) is 16.9 Å². The quantitative estimate of drug-likeness (QED) is 0.133. The molecular weight excluding hydrogens is 443 g/mol. The molecule has 0 radical (unpaired) electrons. The van der Waals surface area contributed by atoms with E-state index in [1.807, 2.05) is 0 Å². The van der Waals surface area contributed by atoms with E-state index in [-0.39, 0.29) is 29.6 Å². The summed E-state index contributed by atoms with van der Waals surface area (Å²) in [5.74, 6) is -0.976. The zero-order valence-electron chi connectivity index (χ0n) is 16.6. The van der Waals surface area contributed by atoms with Crippen molar-refractivity contribution in [2.45, 2.75) is 17.9 Å². The molecule has 12 nitrogen and oxygen atoms in total. The zero-order valence-corrected chi connectivity index (χ0v) is 19.5. The number of carbonyl (C=O) groups excluding carboxylic acids is 2. The third-order valence-corrected chi connectivity index (χ3v) is 4.54. The van der Waals surface area contributed by atoms with E-state index in [4.69, 9.17) is 4.74 Å². The molecule has 0 aliphatic rings. The summed E-state index contributed by atoms with van der Waals surface area (Å²) in [6.07, 6.45) is 0. The van der Waals surface area contributed by atoms with Crippen LogP contribution in [0, 0.1) is 10.1 Å². The van der Waals surface area contributed by atoms with Crippen molar-refractivity contribution in [3.8, 4) is 5.75 Å². The molecule has 0 fully saturated rings. The Kier molecular flexibility index (Phi) is 9.40. The number of Topliss-reactive ketones (excluding diaryl/α,β-unsaturated/α-hetero) is 1. The van der Waals surface area contributed by atoms with Crippen molar-refractivity contribution in [1.82, 2.24) is 0 Å². The number of amides is 1. The molecule has 2 rings (SSSR count). The van der Waals surface area contributed by atoms with Crippen LogP contribution in [0.25, 0.3) is 0 Å². The summed E-state index contributed by atoms with van der Waals surface area (Å²) >= 11 is 0. The van der Waals surface area contributed by atoms with Crippen LogP contribution in [-0.4, -0.2) is 42.7 Å². The number of carbonyl (C=O) groups is 2. The summed E-state index contributed by atoms with van der Waals surface area (Å²) in [5, 5.41) is 20.7. The van der Waals surface area contributed by atoms with E-state index in [9.17, 15) is 32.7 Å². The van der Waals surface area contributed by atoms with Crippen LogP contribution in [0.5, 0.6) is 5.75 Å². The molecule has 0 spiro atoms. The second-order valence-electron chi connectivity index (χ2n) is 5.81. The molecule has 1 N–H and O–H groups in total. The van der Waals surface area contributed by atoms with Gasteiger partial charge in [0.2, 0.25) is 6.04 Å². The minimum Gasteiger partial charge on any atom is -0.744 e. The second-order valence-corrected chi connectivity index (χ2v) is 7.19. The first-order valence-corrected chi connectivity index (χ1v) is 9.54. The third kappa shape index (κ3) is 7.18. The van der Waals surface area contributed by atoms with Crippen molar-refractivity contribution in [1.29, 1.82) is 0 Å². The number of benzene rings is 2. The molecule has 158 valence electrons. The van der Waals surface area contributed by atoms with E-state index in [1.165, 1.54) is 19.2 Å². The molecule has 0 saturated carbocycles. The zero-order chi connectivity index (χ0) is 22.5. The number of anilines is 1. The summed E-state index contributed by atoms with van der Waals surface area (Å²) in [5.41, 5.74) is -0.914. The Bertz CT molecular complexity index is 1120. The first-order chi connectivity index (χ1) is 14.0. The van der Waals surface area contributed by atoms with Gasteiger partial charge in [-0.3, -0.25) is 19.7 Å². The largest absolute Gasteiger partial charge is 1.00 e. The standard InChI is InChI=1S/C17H16N4O8S.Na/c1-10(22)16(17(23)18-11-3-5-12(29-2)6-4-11)20-19-14-8-7-13(30(26,27)28)9-15(14)21(24)25;/h3-9,16H,1-2H3,(H,18,23)(H,26,27,28);/q;+1/p-1. The predicted octanol–water partition coefficient (Wildman–Crippen LogP) is -0.808. The number of nitro groups is 1. The fourth-order valence-electron chi connectivity index (χ4n) is 2.21. The van der Waals surface area contributed by atoms with Gasteiger partial charge in [0.15, 0.2) is 11.5 Å². The molecule has 0 heterocycles. The van der Waals surface area contributed by atoms with Gasteiger partial charge in [-0.05, 0) is 43.3 Å². The van der Waals surface area contributed by atoms with Crippen molar-refractivity contribution in [2.75, 3.05) is 12.4 Å². The fourth-order valence-corrected chi connectivity index (χ4v) is 2.70. The number of nitrogens with zero attached hydrogens (tertiary/aromatic N) is 3. The topological polar surface area (TPSA) is 180 Å². The number of azo groups is 1. The molecule has 2 aromatic rings. The Balaban J connectivity index is 0.00000480. The number of ketones is 1. The van der Waals surface area contributed by atoms with Crippen LogP contribution < -0.4 is 39.6 Å². The van der Waals surface area contributed by atoms with Gasteiger partial charge < -0.3 is 14.6 Å². The monoisotopic (exact) mass is 458 g/mol. The average molecular weight is 458 g/mol. The van der Waals surface area contributed by atoms with Gasteiger partial charge in [0, 0.05) is 11.8 Å². The Morgan fingerprint density at radius 3 is 2.26 bits per heavy atom. The van der Waals surface area contributed by atoms with Crippen molar-refractivity contribution in [3.05, 3.63) is 52.6 Å². The van der Waals surface area contributed by atoms with Crippen LogP contribution in [0.15, 0.2) is 57.6 Å². The van der Waals surface area contributed by atoms with Crippen molar-refractivity contribution >= 4 is 38.9 Å². The minimum atomic E-state index is -4.93.